The Morgan fingerprint density at radius 3 is 2.09 bits per heavy atom. The molecule has 0 saturated carbocycles. The Kier molecular flexibility index (Phi) is 3.89. The third-order valence-electron chi connectivity index (χ3n) is 7.20. The highest BCUT2D eigenvalue weighted by molar-refractivity contribution is 6.09. The monoisotopic (exact) mass is 435 g/mol. The van der Waals surface area contributed by atoms with Crippen molar-refractivity contribution in [2.75, 3.05) is 0 Å². The predicted molar refractivity (Wildman–Crippen MR) is 139 cm³/mol. The van der Waals surface area contributed by atoms with Crippen LogP contribution in [0.5, 0.6) is 0 Å². The zero-order chi connectivity index (χ0) is 22.7. The molecule has 3 heteroatoms. The maximum atomic E-state index is 10.7. The lowest BCUT2D eigenvalue weighted by atomic mass is 9.75. The first-order valence-electron chi connectivity index (χ1n) is 11.6. The average molecular weight is 436 g/mol. The van der Waals surface area contributed by atoms with Gasteiger partial charge in [-0.25, -0.2) is 0 Å². The van der Waals surface area contributed by atoms with Gasteiger partial charge in [0.2, 0.25) is 0 Å². The van der Waals surface area contributed by atoms with Crippen LogP contribution in [0.4, 0.5) is 0 Å². The summed E-state index contributed by atoms with van der Waals surface area (Å²) in [6.07, 6.45) is 4.98. The van der Waals surface area contributed by atoms with Gasteiger partial charge in [0, 0.05) is 37.8 Å². The number of para-hydroxylation sites is 4. The van der Waals surface area contributed by atoms with Gasteiger partial charge in [-0.2, -0.15) is 5.26 Å². The number of nitriles is 1. The zero-order valence-corrected chi connectivity index (χ0v) is 18.5. The molecule has 0 radical (unpaired) electrons. The van der Waals surface area contributed by atoms with E-state index < -0.39 is 5.41 Å². The SMILES string of the molecule is N#CC1(c2ccccc2-n2c3ccccc3c3ccccc32)C=c2c([nH]c3ccccc23)=CC1. The summed E-state index contributed by atoms with van der Waals surface area (Å²) in [5, 5.41) is 16.5. The van der Waals surface area contributed by atoms with Crippen LogP contribution in [-0.2, 0) is 5.41 Å². The maximum absolute atomic E-state index is 10.7. The fourth-order valence-electron chi connectivity index (χ4n) is 5.62. The van der Waals surface area contributed by atoms with Crippen molar-refractivity contribution in [3.05, 3.63) is 113 Å². The fraction of sp³-hybridized carbons (Fsp3) is 0.0645. The van der Waals surface area contributed by atoms with Crippen molar-refractivity contribution in [2.45, 2.75) is 11.8 Å². The smallest absolute Gasteiger partial charge is 0.107 e. The molecule has 0 bridgehead atoms. The third-order valence-corrected chi connectivity index (χ3v) is 7.20. The Balaban J connectivity index is 1.57. The Labute approximate surface area is 196 Å². The lowest BCUT2D eigenvalue weighted by Gasteiger charge is -2.27. The second kappa shape index (κ2) is 6.97. The third kappa shape index (κ3) is 2.51. The number of nitrogens with one attached hydrogen (secondary N) is 1. The van der Waals surface area contributed by atoms with E-state index in [1.165, 1.54) is 10.8 Å². The molecule has 1 N–H and O–H groups in total. The van der Waals surface area contributed by atoms with E-state index in [-0.39, 0.29) is 0 Å². The molecule has 0 saturated heterocycles. The highest BCUT2D eigenvalue weighted by Gasteiger charge is 2.34. The molecule has 6 aromatic rings. The highest BCUT2D eigenvalue weighted by atomic mass is 15.0. The van der Waals surface area contributed by atoms with Gasteiger partial charge >= 0.3 is 0 Å². The van der Waals surface area contributed by atoms with Crippen LogP contribution in [0.2, 0.25) is 0 Å². The first-order valence-corrected chi connectivity index (χ1v) is 11.6. The van der Waals surface area contributed by atoms with E-state index in [2.05, 4.69) is 113 Å². The van der Waals surface area contributed by atoms with E-state index in [4.69, 9.17) is 0 Å². The van der Waals surface area contributed by atoms with Crippen LogP contribution in [0, 0.1) is 11.3 Å². The van der Waals surface area contributed by atoms with Crippen molar-refractivity contribution in [3.63, 3.8) is 0 Å². The molecule has 4 aromatic carbocycles. The number of benzene rings is 4. The second-order valence-electron chi connectivity index (χ2n) is 9.02. The molecule has 34 heavy (non-hydrogen) atoms. The minimum Gasteiger partial charge on any atom is -0.355 e. The predicted octanol–water partition coefficient (Wildman–Crippen LogP) is 5.69. The summed E-state index contributed by atoms with van der Waals surface area (Å²) < 4.78 is 2.32. The zero-order valence-electron chi connectivity index (χ0n) is 18.5. The number of hydrogen-bond donors (Lipinski definition) is 1. The van der Waals surface area contributed by atoms with Crippen LogP contribution < -0.4 is 10.6 Å². The molecule has 2 aromatic heterocycles. The summed E-state index contributed by atoms with van der Waals surface area (Å²) >= 11 is 0. The number of fused-ring (bicyclic) bond motifs is 6. The summed E-state index contributed by atoms with van der Waals surface area (Å²) in [4.78, 5) is 3.52. The van der Waals surface area contributed by atoms with E-state index in [0.717, 1.165) is 43.8 Å². The first-order chi connectivity index (χ1) is 16.8. The van der Waals surface area contributed by atoms with Gasteiger partial charge in [-0.3, -0.25) is 0 Å². The topological polar surface area (TPSA) is 44.5 Å². The first kappa shape index (κ1) is 19.0. The van der Waals surface area contributed by atoms with Crippen LogP contribution in [0.3, 0.4) is 0 Å². The molecule has 0 spiro atoms. The van der Waals surface area contributed by atoms with E-state index in [1.54, 1.807) is 0 Å². The van der Waals surface area contributed by atoms with Crippen LogP contribution in [0.15, 0.2) is 97.1 Å². The number of aromatic nitrogens is 2. The molecule has 1 atom stereocenters. The van der Waals surface area contributed by atoms with Crippen LogP contribution in [0.1, 0.15) is 12.0 Å². The van der Waals surface area contributed by atoms with E-state index in [9.17, 15) is 5.26 Å². The van der Waals surface area contributed by atoms with E-state index >= 15 is 0 Å². The molecule has 160 valence electrons. The molecule has 0 aliphatic heterocycles. The van der Waals surface area contributed by atoms with E-state index in [0.29, 0.717) is 6.42 Å². The molecule has 3 nitrogen and oxygen atoms in total. The second-order valence-corrected chi connectivity index (χ2v) is 9.02. The minimum atomic E-state index is -0.763. The number of aromatic amines is 1. The van der Waals surface area contributed by atoms with Gasteiger partial charge in [0.25, 0.3) is 0 Å². The molecule has 1 aliphatic rings. The van der Waals surface area contributed by atoms with Crippen molar-refractivity contribution in [1.82, 2.24) is 9.55 Å². The van der Waals surface area contributed by atoms with Gasteiger partial charge in [-0.15, -0.1) is 0 Å². The lowest BCUT2D eigenvalue weighted by molar-refractivity contribution is 0.743. The summed E-state index contributed by atoms with van der Waals surface area (Å²) in [5.74, 6) is 0. The van der Waals surface area contributed by atoms with Crippen LogP contribution >= 0.6 is 0 Å². The van der Waals surface area contributed by atoms with Crippen molar-refractivity contribution in [1.29, 1.82) is 5.26 Å². The van der Waals surface area contributed by atoms with Gasteiger partial charge in [-0.1, -0.05) is 78.9 Å². The number of H-pyrrole nitrogens is 1. The normalized spacial score (nSPS) is 17.3. The molecular weight excluding hydrogens is 414 g/mol. The van der Waals surface area contributed by atoms with Crippen molar-refractivity contribution < 1.29 is 0 Å². The van der Waals surface area contributed by atoms with Crippen LogP contribution in [0.25, 0.3) is 50.5 Å². The quantitative estimate of drug-likeness (QED) is 0.373. The molecule has 0 amide bonds. The molecule has 7 rings (SSSR count). The lowest BCUT2D eigenvalue weighted by Crippen LogP contribution is -2.35. The van der Waals surface area contributed by atoms with Gasteiger partial charge in [0.05, 0.1) is 22.8 Å². The van der Waals surface area contributed by atoms with Gasteiger partial charge in [0.1, 0.15) is 5.41 Å². The Morgan fingerprint density at radius 2 is 1.35 bits per heavy atom. The van der Waals surface area contributed by atoms with Crippen LogP contribution in [-0.4, -0.2) is 9.55 Å². The number of rotatable bonds is 2. The fourth-order valence-corrected chi connectivity index (χ4v) is 5.62. The standard InChI is InChI=1S/C31H21N3/c32-20-31(18-17-27-24(19-31)21-9-1-5-13-26(21)33-27)25-12-4-8-16-30(25)34-28-14-6-2-10-22(28)23-11-3-7-15-29(23)34/h1-17,19,33H,18H2. The number of hydrogen-bond acceptors (Lipinski definition) is 1. The van der Waals surface area contributed by atoms with Crippen molar-refractivity contribution in [3.8, 4) is 11.8 Å². The van der Waals surface area contributed by atoms with Gasteiger partial charge in [-0.05, 0) is 36.8 Å². The Hall–Kier alpha value is -4.55. The average Bonchev–Trinajstić information content (AvgIpc) is 3.44. The van der Waals surface area contributed by atoms with Crippen molar-refractivity contribution in [2.24, 2.45) is 0 Å². The van der Waals surface area contributed by atoms with Crippen molar-refractivity contribution >= 4 is 44.9 Å². The van der Waals surface area contributed by atoms with Gasteiger partial charge < -0.3 is 9.55 Å². The molecule has 0 fully saturated rings. The number of nitrogens with zero attached hydrogens (tertiary/aromatic N) is 2. The summed E-state index contributed by atoms with van der Waals surface area (Å²) in [6, 6.07) is 36.4. The summed E-state index contributed by atoms with van der Waals surface area (Å²) in [5.41, 5.74) is 4.71. The summed E-state index contributed by atoms with van der Waals surface area (Å²) in [7, 11) is 0. The van der Waals surface area contributed by atoms with Gasteiger partial charge in [0.15, 0.2) is 0 Å². The summed E-state index contributed by atoms with van der Waals surface area (Å²) in [6.45, 7) is 0. The molecule has 1 unspecified atom stereocenters. The molecule has 1 aliphatic carbocycles. The molecule has 2 heterocycles. The maximum Gasteiger partial charge on any atom is 0.107 e. The largest absolute Gasteiger partial charge is 0.355 e. The Morgan fingerprint density at radius 1 is 0.735 bits per heavy atom. The highest BCUT2D eigenvalue weighted by Crippen LogP contribution is 2.39. The minimum absolute atomic E-state index is 0.622. The Bertz CT molecular complexity index is 1860. The van der Waals surface area contributed by atoms with E-state index in [1.807, 2.05) is 12.1 Å². The molecular formula is C31H21N3.